The van der Waals surface area contributed by atoms with Gasteiger partial charge in [0.15, 0.2) is 11.5 Å². The van der Waals surface area contributed by atoms with E-state index in [9.17, 15) is 4.79 Å². The molecule has 1 fully saturated rings. The molecule has 12 heteroatoms. The predicted molar refractivity (Wildman–Crippen MR) is 140 cm³/mol. The molecule has 2 N–H and O–H groups in total. The van der Waals surface area contributed by atoms with Crippen LogP contribution >= 0.6 is 0 Å². The summed E-state index contributed by atoms with van der Waals surface area (Å²) < 4.78 is 21.3. The molecule has 1 saturated heterocycles. The molecule has 5 rings (SSSR count). The number of benzene rings is 2. The van der Waals surface area contributed by atoms with Crippen LogP contribution in [0.2, 0.25) is 0 Å². The maximum absolute atomic E-state index is 12.2. The maximum atomic E-state index is 12.2. The summed E-state index contributed by atoms with van der Waals surface area (Å²) in [5.41, 5.74) is 4.41. The zero-order valence-electron chi connectivity index (χ0n) is 20.5. The quantitative estimate of drug-likeness (QED) is 0.146. The molecule has 4 aromatic rings. The van der Waals surface area contributed by atoms with Crippen molar-refractivity contribution in [2.24, 2.45) is 5.10 Å². The minimum absolute atomic E-state index is 0.0943. The highest BCUT2D eigenvalue weighted by Crippen LogP contribution is 2.28. The minimum Gasteiger partial charge on any atom is -0.493 e. The summed E-state index contributed by atoms with van der Waals surface area (Å²) in [6.45, 7) is 2.55. The van der Waals surface area contributed by atoms with Gasteiger partial charge in [0.1, 0.15) is 0 Å². The van der Waals surface area contributed by atoms with Gasteiger partial charge in [0, 0.05) is 18.8 Å². The van der Waals surface area contributed by atoms with E-state index in [1.54, 1.807) is 30.5 Å². The zero-order valence-corrected chi connectivity index (χ0v) is 20.5. The first-order valence-corrected chi connectivity index (χ1v) is 11.8. The average Bonchev–Trinajstić information content (AvgIpc) is 3.50. The molecule has 1 aliphatic rings. The molecular weight excluding hydrogens is 490 g/mol. The molecule has 0 aliphatic carbocycles. The first-order valence-electron chi connectivity index (χ1n) is 11.8. The number of carbonyl (C=O) groups excluding carboxylic acids is 1. The van der Waals surface area contributed by atoms with Crippen molar-refractivity contribution in [3.63, 3.8) is 0 Å². The first kappa shape index (κ1) is 24.7. The number of hydrazone groups is 1. The molecular formula is C26H25N7O5. The first-order chi connectivity index (χ1) is 18.7. The molecule has 0 radical (unpaired) electrons. The van der Waals surface area contributed by atoms with Gasteiger partial charge in [0.2, 0.25) is 23.6 Å². The van der Waals surface area contributed by atoms with Gasteiger partial charge in [-0.15, -0.1) is 0 Å². The zero-order chi connectivity index (χ0) is 26.2. The van der Waals surface area contributed by atoms with E-state index in [1.807, 2.05) is 35.2 Å². The third kappa shape index (κ3) is 6.23. The minimum atomic E-state index is -0.623. The average molecular weight is 516 g/mol. The van der Waals surface area contributed by atoms with Crippen LogP contribution in [0.15, 0.2) is 76.4 Å². The van der Waals surface area contributed by atoms with Crippen LogP contribution in [-0.4, -0.2) is 60.5 Å². The predicted octanol–water partition coefficient (Wildman–Crippen LogP) is 3.72. The highest BCUT2D eigenvalue weighted by atomic mass is 16.6. The largest absolute Gasteiger partial charge is 0.493 e. The fourth-order valence-corrected chi connectivity index (χ4v) is 3.58. The van der Waals surface area contributed by atoms with Crippen molar-refractivity contribution in [1.29, 1.82) is 0 Å². The molecule has 0 spiro atoms. The van der Waals surface area contributed by atoms with Crippen LogP contribution in [0.1, 0.15) is 16.1 Å². The van der Waals surface area contributed by atoms with Gasteiger partial charge >= 0.3 is 5.97 Å². The van der Waals surface area contributed by atoms with Gasteiger partial charge in [-0.3, -0.25) is 0 Å². The van der Waals surface area contributed by atoms with Crippen LogP contribution in [0.25, 0.3) is 0 Å². The number of furan rings is 1. The molecule has 0 bridgehead atoms. The molecule has 0 saturated carbocycles. The molecule has 3 heterocycles. The molecule has 12 nitrogen and oxygen atoms in total. The summed E-state index contributed by atoms with van der Waals surface area (Å²) in [5.74, 6) is 1.26. The van der Waals surface area contributed by atoms with E-state index >= 15 is 0 Å². The fraction of sp³-hybridized carbons (Fsp3) is 0.192. The number of hydrogen-bond acceptors (Lipinski definition) is 12. The number of para-hydroxylation sites is 1. The van der Waals surface area contributed by atoms with E-state index in [4.69, 9.17) is 18.6 Å². The van der Waals surface area contributed by atoms with Crippen LogP contribution in [0.4, 0.5) is 23.5 Å². The second-order valence-corrected chi connectivity index (χ2v) is 8.02. The Morgan fingerprint density at radius 1 is 1.00 bits per heavy atom. The van der Waals surface area contributed by atoms with Crippen molar-refractivity contribution in [3.05, 3.63) is 78.3 Å². The third-order valence-corrected chi connectivity index (χ3v) is 5.44. The number of morpholine rings is 1. The third-order valence-electron chi connectivity index (χ3n) is 5.44. The topological polar surface area (TPSA) is 136 Å². The summed E-state index contributed by atoms with van der Waals surface area (Å²) in [7, 11) is 1.48. The number of nitrogens with zero attached hydrogens (tertiary/aromatic N) is 5. The van der Waals surface area contributed by atoms with E-state index < -0.39 is 5.97 Å². The van der Waals surface area contributed by atoms with E-state index in [0.29, 0.717) is 49.5 Å². The Morgan fingerprint density at radius 3 is 2.58 bits per heavy atom. The van der Waals surface area contributed by atoms with Crippen molar-refractivity contribution < 1.29 is 23.4 Å². The second-order valence-electron chi connectivity index (χ2n) is 8.02. The molecule has 0 amide bonds. The van der Waals surface area contributed by atoms with Gasteiger partial charge in [0.05, 0.1) is 32.8 Å². The lowest BCUT2D eigenvalue weighted by Crippen LogP contribution is -2.37. The van der Waals surface area contributed by atoms with Gasteiger partial charge in [-0.25, -0.2) is 10.2 Å². The summed E-state index contributed by atoms with van der Waals surface area (Å²) >= 11 is 0. The number of carbonyl (C=O) groups is 1. The summed E-state index contributed by atoms with van der Waals surface area (Å²) in [4.78, 5) is 27.8. The van der Waals surface area contributed by atoms with Crippen LogP contribution in [-0.2, 0) is 4.74 Å². The Balaban J connectivity index is 1.31. The van der Waals surface area contributed by atoms with Gasteiger partial charge < -0.3 is 28.8 Å². The number of hydrogen-bond donors (Lipinski definition) is 2. The number of esters is 1. The van der Waals surface area contributed by atoms with Crippen molar-refractivity contribution in [2.45, 2.75) is 0 Å². The number of rotatable bonds is 9. The number of nitrogens with one attached hydrogen (secondary N) is 2. The van der Waals surface area contributed by atoms with E-state index in [-0.39, 0.29) is 17.5 Å². The smallest absolute Gasteiger partial charge is 0.379 e. The molecule has 2 aromatic heterocycles. The van der Waals surface area contributed by atoms with Crippen molar-refractivity contribution in [2.75, 3.05) is 49.1 Å². The monoisotopic (exact) mass is 515 g/mol. The van der Waals surface area contributed by atoms with E-state index in [0.717, 1.165) is 5.69 Å². The molecule has 0 unspecified atom stereocenters. The van der Waals surface area contributed by atoms with E-state index in [1.165, 1.54) is 19.4 Å². The van der Waals surface area contributed by atoms with Crippen LogP contribution < -0.4 is 25.1 Å². The van der Waals surface area contributed by atoms with Crippen LogP contribution in [0.3, 0.4) is 0 Å². The number of ether oxygens (including phenoxy) is 3. The molecule has 2 aromatic carbocycles. The Hall–Kier alpha value is -4.97. The van der Waals surface area contributed by atoms with Crippen LogP contribution in [0, 0.1) is 0 Å². The lowest BCUT2D eigenvalue weighted by Gasteiger charge is -2.27. The standard InChI is InChI=1S/C26H25N7O5/c1-35-22-16-18(9-10-20(22)38-23(34)21-8-5-13-37-21)17-27-32-25-29-24(28-19-6-3-2-4-7-19)30-26(31-25)33-11-14-36-15-12-33/h2-10,13,16-17H,11-12,14-15H2,1H3,(H2,28,29,30,31,32)/b27-17+. The normalized spacial score (nSPS) is 13.3. The number of anilines is 4. The van der Waals surface area contributed by atoms with Gasteiger partial charge in [-0.05, 0) is 48.0 Å². The maximum Gasteiger partial charge on any atom is 0.379 e. The highest BCUT2D eigenvalue weighted by Gasteiger charge is 2.17. The lowest BCUT2D eigenvalue weighted by molar-refractivity contribution is 0.0696. The lowest BCUT2D eigenvalue weighted by atomic mass is 10.2. The summed E-state index contributed by atoms with van der Waals surface area (Å²) in [6.07, 6.45) is 2.97. The van der Waals surface area contributed by atoms with Crippen molar-refractivity contribution in [1.82, 2.24) is 15.0 Å². The Morgan fingerprint density at radius 2 is 1.82 bits per heavy atom. The summed E-state index contributed by atoms with van der Waals surface area (Å²) in [5, 5.41) is 7.48. The summed E-state index contributed by atoms with van der Waals surface area (Å²) in [6, 6.07) is 17.8. The second kappa shape index (κ2) is 11.8. The molecule has 38 heavy (non-hydrogen) atoms. The number of aromatic nitrogens is 3. The van der Waals surface area contributed by atoms with Gasteiger partial charge in [-0.2, -0.15) is 20.1 Å². The Kier molecular flexibility index (Phi) is 7.70. The van der Waals surface area contributed by atoms with Gasteiger partial charge in [-0.1, -0.05) is 18.2 Å². The molecule has 0 atom stereocenters. The Bertz CT molecular complexity index is 1390. The number of methoxy groups -OCH3 is 1. The van der Waals surface area contributed by atoms with Crippen molar-refractivity contribution in [3.8, 4) is 11.5 Å². The fourth-order valence-electron chi connectivity index (χ4n) is 3.58. The van der Waals surface area contributed by atoms with Crippen LogP contribution in [0.5, 0.6) is 11.5 Å². The SMILES string of the molecule is COc1cc(/C=N/Nc2nc(Nc3ccccc3)nc(N3CCOCC3)n2)ccc1OC(=O)c1ccco1. The molecule has 1 aliphatic heterocycles. The van der Waals surface area contributed by atoms with Gasteiger partial charge in [0.25, 0.3) is 0 Å². The highest BCUT2D eigenvalue weighted by molar-refractivity contribution is 5.89. The molecule has 194 valence electrons. The van der Waals surface area contributed by atoms with Crippen molar-refractivity contribution >= 4 is 35.7 Å². The Labute approximate surface area is 218 Å². The van der Waals surface area contributed by atoms with E-state index in [2.05, 4.69) is 30.8 Å².